The highest BCUT2D eigenvalue weighted by Gasteiger charge is 2.24. The summed E-state index contributed by atoms with van der Waals surface area (Å²) in [5.41, 5.74) is 1.12. The van der Waals surface area contributed by atoms with E-state index in [0.29, 0.717) is 22.9 Å². The van der Waals surface area contributed by atoms with Crippen LogP contribution in [0.1, 0.15) is 26.3 Å². The molecule has 112 valence electrons. The van der Waals surface area contributed by atoms with E-state index in [1.54, 1.807) is 0 Å². The number of rotatable bonds is 4. The molecule has 2 unspecified atom stereocenters. The van der Waals surface area contributed by atoms with E-state index in [9.17, 15) is 5.11 Å². The molecule has 1 heterocycles. The van der Waals surface area contributed by atoms with Crippen molar-refractivity contribution >= 4 is 15.9 Å². The molecule has 0 bridgehead atoms. The van der Waals surface area contributed by atoms with Gasteiger partial charge >= 0.3 is 0 Å². The molecule has 1 aromatic carbocycles. The zero-order valence-electron chi connectivity index (χ0n) is 12.2. The summed E-state index contributed by atoms with van der Waals surface area (Å²) < 4.78 is 11.8. The van der Waals surface area contributed by atoms with Crippen LogP contribution in [0.15, 0.2) is 16.6 Å². The summed E-state index contributed by atoms with van der Waals surface area (Å²) >= 11 is 3.39. The van der Waals surface area contributed by atoms with Crippen molar-refractivity contribution in [1.82, 2.24) is 4.90 Å². The van der Waals surface area contributed by atoms with E-state index in [2.05, 4.69) is 34.7 Å². The smallest absolute Gasteiger partial charge is 0.172 e. The number of morpholine rings is 1. The summed E-state index contributed by atoms with van der Waals surface area (Å²) in [5.74, 6) is 0.699. The quantitative estimate of drug-likeness (QED) is 0.911. The average molecular weight is 344 g/mol. The van der Waals surface area contributed by atoms with Gasteiger partial charge in [0.15, 0.2) is 11.5 Å². The zero-order chi connectivity index (χ0) is 14.7. The first-order valence-electron chi connectivity index (χ1n) is 7.01. The molecule has 1 aliphatic rings. The predicted octanol–water partition coefficient (Wildman–Crippen LogP) is 3.16. The van der Waals surface area contributed by atoms with Crippen LogP contribution in [0.4, 0.5) is 0 Å². The van der Waals surface area contributed by atoms with E-state index in [1.165, 1.54) is 0 Å². The van der Waals surface area contributed by atoms with E-state index in [4.69, 9.17) is 9.47 Å². The van der Waals surface area contributed by atoms with Crippen molar-refractivity contribution in [3.8, 4) is 11.5 Å². The fraction of sp³-hybridized carbons (Fsp3) is 0.600. The lowest BCUT2D eigenvalue weighted by Crippen LogP contribution is -2.46. The molecule has 0 aromatic heterocycles. The maximum Gasteiger partial charge on any atom is 0.172 e. The number of nitrogens with zero attached hydrogens (tertiary/aromatic N) is 1. The monoisotopic (exact) mass is 343 g/mol. The Hall–Kier alpha value is -0.780. The second-order valence-corrected chi connectivity index (χ2v) is 6.13. The molecular formula is C15H22BrNO3. The maximum absolute atomic E-state index is 9.95. The van der Waals surface area contributed by atoms with E-state index in [1.807, 2.05) is 19.1 Å². The molecule has 2 atom stereocenters. The Labute approximate surface area is 128 Å². The van der Waals surface area contributed by atoms with Crippen LogP contribution in [-0.4, -0.2) is 41.9 Å². The van der Waals surface area contributed by atoms with Gasteiger partial charge in [-0.3, -0.25) is 4.90 Å². The van der Waals surface area contributed by atoms with Gasteiger partial charge in [-0.25, -0.2) is 0 Å². The fourth-order valence-electron chi connectivity index (χ4n) is 2.41. The highest BCUT2D eigenvalue weighted by Crippen LogP contribution is 2.36. The molecule has 0 radical (unpaired) electrons. The van der Waals surface area contributed by atoms with Crippen molar-refractivity contribution in [2.75, 3.05) is 19.8 Å². The Bertz CT molecular complexity index is 467. The normalized spacial score (nSPS) is 23.8. The summed E-state index contributed by atoms with van der Waals surface area (Å²) in [5, 5.41) is 9.95. The van der Waals surface area contributed by atoms with Crippen molar-refractivity contribution in [2.45, 2.75) is 39.5 Å². The van der Waals surface area contributed by atoms with Gasteiger partial charge in [-0.15, -0.1) is 0 Å². The maximum atomic E-state index is 9.95. The van der Waals surface area contributed by atoms with Gasteiger partial charge in [-0.05, 0) is 54.4 Å². The van der Waals surface area contributed by atoms with Crippen molar-refractivity contribution in [2.24, 2.45) is 0 Å². The second-order valence-electron chi connectivity index (χ2n) is 5.28. The lowest BCUT2D eigenvalue weighted by molar-refractivity contribution is -0.0526. The number of phenolic OH excluding ortho intramolecular Hbond substituents is 1. The molecule has 2 rings (SSSR count). The second kappa shape index (κ2) is 6.78. The summed E-state index contributed by atoms with van der Waals surface area (Å²) in [6.45, 7) is 9.22. The van der Waals surface area contributed by atoms with Crippen LogP contribution in [-0.2, 0) is 11.3 Å². The minimum atomic E-state index is 0.166. The summed E-state index contributed by atoms with van der Waals surface area (Å²) in [4.78, 5) is 2.39. The molecular weight excluding hydrogens is 322 g/mol. The number of aromatic hydroxyl groups is 1. The minimum Gasteiger partial charge on any atom is -0.503 e. The van der Waals surface area contributed by atoms with E-state index >= 15 is 0 Å². The third kappa shape index (κ3) is 3.65. The Balaban J connectivity index is 2.16. The van der Waals surface area contributed by atoms with Crippen LogP contribution in [0.5, 0.6) is 11.5 Å². The molecule has 20 heavy (non-hydrogen) atoms. The van der Waals surface area contributed by atoms with E-state index < -0.39 is 0 Å². The number of ether oxygens (including phenoxy) is 2. The van der Waals surface area contributed by atoms with Gasteiger partial charge in [-0.2, -0.15) is 0 Å². The van der Waals surface area contributed by atoms with Crippen molar-refractivity contribution in [3.63, 3.8) is 0 Å². The largest absolute Gasteiger partial charge is 0.503 e. The van der Waals surface area contributed by atoms with Gasteiger partial charge in [0, 0.05) is 19.1 Å². The SMILES string of the molecule is CCOc1cc(CN2CC(C)OCC2C)cc(Br)c1O. The molecule has 1 aliphatic heterocycles. The van der Waals surface area contributed by atoms with Crippen molar-refractivity contribution in [3.05, 3.63) is 22.2 Å². The van der Waals surface area contributed by atoms with Crippen LogP contribution >= 0.6 is 15.9 Å². The summed E-state index contributed by atoms with van der Waals surface area (Å²) in [7, 11) is 0. The number of halogens is 1. The first kappa shape index (κ1) is 15.6. The number of hydrogen-bond donors (Lipinski definition) is 1. The van der Waals surface area contributed by atoms with Crippen LogP contribution in [0.2, 0.25) is 0 Å². The summed E-state index contributed by atoms with van der Waals surface area (Å²) in [6, 6.07) is 4.26. The van der Waals surface area contributed by atoms with Crippen LogP contribution in [0, 0.1) is 0 Å². The third-order valence-corrected chi connectivity index (χ3v) is 4.12. The van der Waals surface area contributed by atoms with Crippen molar-refractivity contribution in [1.29, 1.82) is 0 Å². The molecule has 1 fully saturated rings. The van der Waals surface area contributed by atoms with Gasteiger partial charge in [0.2, 0.25) is 0 Å². The van der Waals surface area contributed by atoms with Crippen LogP contribution in [0.3, 0.4) is 0 Å². The molecule has 0 spiro atoms. The molecule has 0 saturated carbocycles. The van der Waals surface area contributed by atoms with Crippen LogP contribution < -0.4 is 4.74 Å². The Kier molecular flexibility index (Phi) is 5.29. The highest BCUT2D eigenvalue weighted by molar-refractivity contribution is 9.10. The van der Waals surface area contributed by atoms with Crippen molar-refractivity contribution < 1.29 is 14.6 Å². The lowest BCUT2D eigenvalue weighted by atomic mass is 10.1. The molecule has 0 amide bonds. The predicted molar refractivity (Wildman–Crippen MR) is 82.3 cm³/mol. The number of hydrogen-bond acceptors (Lipinski definition) is 4. The molecule has 1 aromatic rings. The first-order chi connectivity index (χ1) is 9.51. The fourth-order valence-corrected chi connectivity index (χ4v) is 2.90. The average Bonchev–Trinajstić information content (AvgIpc) is 2.40. The van der Waals surface area contributed by atoms with Gasteiger partial charge in [0.05, 0.1) is 23.8 Å². The van der Waals surface area contributed by atoms with Gasteiger partial charge in [0.25, 0.3) is 0 Å². The Morgan fingerprint density at radius 3 is 2.90 bits per heavy atom. The highest BCUT2D eigenvalue weighted by atomic mass is 79.9. The molecule has 5 heteroatoms. The van der Waals surface area contributed by atoms with Crippen LogP contribution in [0.25, 0.3) is 0 Å². The Morgan fingerprint density at radius 2 is 2.20 bits per heavy atom. The topological polar surface area (TPSA) is 41.9 Å². The number of phenols is 1. The third-order valence-electron chi connectivity index (χ3n) is 3.51. The number of benzene rings is 1. The summed E-state index contributed by atoms with van der Waals surface area (Å²) in [6.07, 6.45) is 0.262. The first-order valence-corrected chi connectivity index (χ1v) is 7.80. The molecule has 4 nitrogen and oxygen atoms in total. The van der Waals surface area contributed by atoms with E-state index in [-0.39, 0.29) is 11.9 Å². The minimum absolute atomic E-state index is 0.166. The molecule has 1 N–H and O–H groups in total. The zero-order valence-corrected chi connectivity index (χ0v) is 13.8. The standard InChI is InChI=1S/C15H22BrNO3/c1-4-19-14-6-12(5-13(16)15(14)18)8-17-7-11(3)20-9-10(17)2/h5-6,10-11,18H,4,7-9H2,1-3H3. The molecule has 1 saturated heterocycles. The van der Waals surface area contributed by atoms with E-state index in [0.717, 1.165) is 25.3 Å². The van der Waals surface area contributed by atoms with Gasteiger partial charge in [-0.1, -0.05) is 0 Å². The lowest BCUT2D eigenvalue weighted by Gasteiger charge is -2.36. The molecule has 0 aliphatic carbocycles. The van der Waals surface area contributed by atoms with Gasteiger partial charge < -0.3 is 14.6 Å². The van der Waals surface area contributed by atoms with Gasteiger partial charge in [0.1, 0.15) is 0 Å². The Morgan fingerprint density at radius 1 is 1.45 bits per heavy atom.